The Morgan fingerprint density at radius 3 is 2.46 bits per heavy atom. The van der Waals surface area contributed by atoms with Crippen LogP contribution >= 0.6 is 0 Å². The molecule has 24 heavy (non-hydrogen) atoms. The smallest absolute Gasteiger partial charge is 0.311 e. The third-order valence-corrected chi connectivity index (χ3v) is 4.13. The lowest BCUT2D eigenvalue weighted by molar-refractivity contribution is -0.155. The molecule has 0 aromatic carbocycles. The molecule has 1 aromatic rings. The van der Waals surface area contributed by atoms with Crippen LogP contribution in [-0.2, 0) is 27.8 Å². The number of nitrogens with zero attached hydrogens (tertiary/aromatic N) is 2. The molecule has 6 heteroatoms. The number of amides is 1. The Labute approximate surface area is 145 Å². The highest BCUT2D eigenvalue weighted by Crippen LogP contribution is 2.23. The van der Waals surface area contributed by atoms with Crippen molar-refractivity contribution in [3.05, 3.63) is 18.2 Å². The number of carbonyl (C=O) groups is 2. The van der Waals surface area contributed by atoms with Gasteiger partial charge in [-0.1, -0.05) is 6.92 Å². The standard InChI is InChI=1S/C18H31N3O3/c1-7-15(16(22)20-8-2)13(9-14-10-19-12-21(14)6)11-24-17(23)18(3,4)5/h10,12-13,15H,7-9,11H2,1-6H3,(H,20,22)/t13-,15?/m0/s1. The van der Waals surface area contributed by atoms with Gasteiger partial charge in [-0.3, -0.25) is 9.59 Å². The van der Waals surface area contributed by atoms with Gasteiger partial charge in [-0.15, -0.1) is 0 Å². The predicted octanol–water partition coefficient (Wildman–Crippen LogP) is 2.33. The molecular weight excluding hydrogens is 306 g/mol. The van der Waals surface area contributed by atoms with Gasteiger partial charge in [0.05, 0.1) is 18.3 Å². The van der Waals surface area contributed by atoms with Crippen LogP contribution in [0.5, 0.6) is 0 Å². The number of esters is 1. The molecule has 0 aliphatic rings. The first-order valence-corrected chi connectivity index (χ1v) is 8.60. The fraction of sp³-hybridized carbons (Fsp3) is 0.722. The molecule has 0 radical (unpaired) electrons. The molecule has 1 rings (SSSR count). The molecule has 1 amide bonds. The molecule has 6 nitrogen and oxygen atoms in total. The van der Waals surface area contributed by atoms with E-state index in [9.17, 15) is 9.59 Å². The average molecular weight is 337 g/mol. The van der Waals surface area contributed by atoms with Crippen molar-refractivity contribution >= 4 is 11.9 Å². The fourth-order valence-corrected chi connectivity index (χ4v) is 2.60. The Bertz CT molecular complexity index is 546. The maximum atomic E-state index is 12.4. The van der Waals surface area contributed by atoms with Crippen molar-refractivity contribution in [1.29, 1.82) is 0 Å². The van der Waals surface area contributed by atoms with Gasteiger partial charge in [0.25, 0.3) is 0 Å². The van der Waals surface area contributed by atoms with Gasteiger partial charge < -0.3 is 14.6 Å². The van der Waals surface area contributed by atoms with Crippen LogP contribution in [0.4, 0.5) is 0 Å². The summed E-state index contributed by atoms with van der Waals surface area (Å²) >= 11 is 0. The van der Waals surface area contributed by atoms with E-state index in [2.05, 4.69) is 10.3 Å². The topological polar surface area (TPSA) is 73.2 Å². The second-order valence-corrected chi connectivity index (χ2v) is 7.22. The molecule has 2 atom stereocenters. The molecule has 1 N–H and O–H groups in total. The summed E-state index contributed by atoms with van der Waals surface area (Å²) in [6, 6.07) is 0. The van der Waals surface area contributed by atoms with Gasteiger partial charge in [0.1, 0.15) is 0 Å². The van der Waals surface area contributed by atoms with Gasteiger partial charge in [0.15, 0.2) is 0 Å². The highest BCUT2D eigenvalue weighted by molar-refractivity contribution is 5.79. The van der Waals surface area contributed by atoms with Crippen molar-refractivity contribution < 1.29 is 14.3 Å². The normalized spacial score (nSPS) is 14.1. The highest BCUT2D eigenvalue weighted by Gasteiger charge is 2.30. The first-order chi connectivity index (χ1) is 11.2. The second-order valence-electron chi connectivity index (χ2n) is 7.22. The lowest BCUT2D eigenvalue weighted by Gasteiger charge is -2.27. The van der Waals surface area contributed by atoms with Gasteiger partial charge in [-0.05, 0) is 40.5 Å². The van der Waals surface area contributed by atoms with Crippen molar-refractivity contribution in [3.63, 3.8) is 0 Å². The van der Waals surface area contributed by atoms with E-state index >= 15 is 0 Å². The van der Waals surface area contributed by atoms with Gasteiger partial charge in [-0.25, -0.2) is 4.98 Å². The summed E-state index contributed by atoms with van der Waals surface area (Å²) in [5.74, 6) is -0.516. The number of nitrogens with one attached hydrogen (secondary N) is 1. The van der Waals surface area contributed by atoms with E-state index in [-0.39, 0.29) is 30.3 Å². The maximum Gasteiger partial charge on any atom is 0.311 e. The molecule has 0 bridgehead atoms. The third-order valence-electron chi connectivity index (χ3n) is 4.13. The third kappa shape index (κ3) is 5.65. The maximum absolute atomic E-state index is 12.4. The molecule has 0 aliphatic heterocycles. The van der Waals surface area contributed by atoms with Crippen molar-refractivity contribution in [2.75, 3.05) is 13.2 Å². The van der Waals surface area contributed by atoms with E-state index in [1.165, 1.54) is 0 Å². The fourth-order valence-electron chi connectivity index (χ4n) is 2.60. The molecule has 1 aromatic heterocycles. The zero-order chi connectivity index (χ0) is 18.3. The minimum absolute atomic E-state index is 0.0129. The van der Waals surface area contributed by atoms with E-state index in [1.54, 1.807) is 12.5 Å². The lowest BCUT2D eigenvalue weighted by Crippen LogP contribution is -2.38. The summed E-state index contributed by atoms with van der Waals surface area (Å²) in [5.41, 5.74) is 0.472. The first-order valence-electron chi connectivity index (χ1n) is 8.60. The Morgan fingerprint density at radius 2 is 2.00 bits per heavy atom. The van der Waals surface area contributed by atoms with Crippen LogP contribution in [0.2, 0.25) is 0 Å². The first kappa shape index (κ1) is 20.2. The number of hydrogen-bond donors (Lipinski definition) is 1. The van der Waals surface area contributed by atoms with E-state index in [0.717, 1.165) is 5.69 Å². The molecule has 1 heterocycles. The van der Waals surface area contributed by atoms with Gasteiger partial charge in [0.2, 0.25) is 5.91 Å². The Kier molecular flexibility index (Phi) is 7.45. The van der Waals surface area contributed by atoms with Crippen LogP contribution in [0.15, 0.2) is 12.5 Å². The van der Waals surface area contributed by atoms with Gasteiger partial charge >= 0.3 is 5.97 Å². The average Bonchev–Trinajstić information content (AvgIpc) is 2.89. The molecule has 0 spiro atoms. The highest BCUT2D eigenvalue weighted by atomic mass is 16.5. The summed E-state index contributed by atoms with van der Waals surface area (Å²) < 4.78 is 7.45. The van der Waals surface area contributed by atoms with Crippen molar-refractivity contribution in [2.24, 2.45) is 24.3 Å². The van der Waals surface area contributed by atoms with E-state index < -0.39 is 5.41 Å². The van der Waals surface area contributed by atoms with Crippen LogP contribution in [0, 0.1) is 17.3 Å². The van der Waals surface area contributed by atoms with Crippen molar-refractivity contribution in [1.82, 2.24) is 14.9 Å². The van der Waals surface area contributed by atoms with E-state index in [4.69, 9.17) is 4.74 Å². The van der Waals surface area contributed by atoms with E-state index in [0.29, 0.717) is 19.4 Å². The summed E-state index contributed by atoms with van der Waals surface area (Å²) in [5, 5.41) is 2.89. The number of carbonyl (C=O) groups excluding carboxylic acids is 2. The second kappa shape index (κ2) is 8.85. The number of imidazole rings is 1. The van der Waals surface area contributed by atoms with Crippen LogP contribution in [0.1, 0.15) is 46.7 Å². The zero-order valence-electron chi connectivity index (χ0n) is 15.8. The Hall–Kier alpha value is -1.85. The van der Waals surface area contributed by atoms with Crippen LogP contribution in [0.25, 0.3) is 0 Å². The van der Waals surface area contributed by atoms with Crippen LogP contribution < -0.4 is 5.32 Å². The molecule has 136 valence electrons. The number of aromatic nitrogens is 2. The molecule has 0 saturated heterocycles. The summed E-state index contributed by atoms with van der Waals surface area (Å²) in [4.78, 5) is 28.6. The molecule has 0 fully saturated rings. The monoisotopic (exact) mass is 337 g/mol. The van der Waals surface area contributed by atoms with Gasteiger partial charge in [-0.2, -0.15) is 0 Å². The number of hydrogen-bond acceptors (Lipinski definition) is 4. The SMILES string of the molecule is CCNC(=O)C(CC)[C@H](COC(=O)C(C)(C)C)Cc1cncn1C. The molecule has 0 saturated carbocycles. The molecular formula is C18H31N3O3. The van der Waals surface area contributed by atoms with Crippen molar-refractivity contribution in [2.45, 2.75) is 47.5 Å². The van der Waals surface area contributed by atoms with E-state index in [1.807, 2.05) is 46.2 Å². The minimum Gasteiger partial charge on any atom is -0.465 e. The summed E-state index contributed by atoms with van der Waals surface area (Å²) in [6.07, 6.45) is 4.87. The molecule has 1 unspecified atom stereocenters. The predicted molar refractivity (Wildman–Crippen MR) is 93.3 cm³/mol. The Morgan fingerprint density at radius 1 is 1.33 bits per heavy atom. The number of aryl methyl sites for hydroxylation is 1. The van der Waals surface area contributed by atoms with Gasteiger partial charge in [0, 0.05) is 37.3 Å². The Balaban J connectivity index is 2.91. The summed E-state index contributed by atoms with van der Waals surface area (Å²) in [7, 11) is 1.92. The summed E-state index contributed by atoms with van der Waals surface area (Å²) in [6.45, 7) is 10.2. The van der Waals surface area contributed by atoms with Crippen LogP contribution in [-0.4, -0.2) is 34.6 Å². The molecule has 0 aliphatic carbocycles. The minimum atomic E-state index is -0.551. The van der Waals surface area contributed by atoms with Crippen LogP contribution in [0.3, 0.4) is 0 Å². The number of rotatable bonds is 8. The zero-order valence-corrected chi connectivity index (χ0v) is 15.8. The largest absolute Gasteiger partial charge is 0.465 e. The lowest BCUT2D eigenvalue weighted by atomic mass is 9.86. The van der Waals surface area contributed by atoms with Crippen molar-refractivity contribution in [3.8, 4) is 0 Å². The number of ether oxygens (including phenoxy) is 1. The quantitative estimate of drug-likeness (QED) is 0.739.